The number of hydrogen-bond donors (Lipinski definition) is 2. The van der Waals surface area contributed by atoms with E-state index in [0.29, 0.717) is 0 Å². The lowest BCUT2D eigenvalue weighted by molar-refractivity contribution is 0.0595. The molecule has 0 aliphatic rings. The van der Waals surface area contributed by atoms with Crippen LogP contribution in [-0.2, 0) is 14.8 Å². The van der Waals surface area contributed by atoms with Gasteiger partial charge in [-0.25, -0.2) is 17.9 Å². The zero-order valence-corrected chi connectivity index (χ0v) is 13.1. The molecule has 0 saturated heterocycles. The molecule has 7 nitrogen and oxygen atoms in total. The van der Waals surface area contributed by atoms with E-state index in [1.807, 2.05) is 6.92 Å². The first-order valence-corrected chi connectivity index (χ1v) is 7.58. The second-order valence-electron chi connectivity index (χ2n) is 4.45. The van der Waals surface area contributed by atoms with Gasteiger partial charge in [-0.1, -0.05) is 0 Å². The summed E-state index contributed by atoms with van der Waals surface area (Å²) in [5.41, 5.74) is -0.0605. The Kier molecular flexibility index (Phi) is 5.32. The molecule has 0 fully saturated rings. The van der Waals surface area contributed by atoms with E-state index >= 15 is 0 Å². The van der Waals surface area contributed by atoms with Gasteiger partial charge in [0.1, 0.15) is 22.0 Å². The number of sulfonamides is 1. The quantitative estimate of drug-likeness (QED) is 0.746. The number of rotatable bonds is 6. The van der Waals surface area contributed by atoms with Crippen molar-refractivity contribution in [2.24, 2.45) is 0 Å². The van der Waals surface area contributed by atoms with Crippen molar-refractivity contribution in [1.29, 1.82) is 0 Å². The molecule has 0 aromatic carbocycles. The van der Waals surface area contributed by atoms with Crippen LogP contribution in [0.2, 0.25) is 0 Å². The number of carbonyl (C=O) groups excluding carboxylic acids is 1. The minimum atomic E-state index is -3.85. The Morgan fingerprint density at radius 3 is 2.45 bits per heavy atom. The van der Waals surface area contributed by atoms with Gasteiger partial charge in [-0.3, -0.25) is 0 Å². The number of hydrogen-bond acceptors (Lipinski definition) is 6. The number of aryl methyl sites for hydroxylation is 2. The summed E-state index contributed by atoms with van der Waals surface area (Å²) in [7, 11) is -0.926. The van der Waals surface area contributed by atoms with Crippen molar-refractivity contribution in [3.05, 3.63) is 17.1 Å². The van der Waals surface area contributed by atoms with Crippen molar-refractivity contribution in [3.63, 3.8) is 0 Å². The number of carbonyl (C=O) groups is 1. The molecule has 2 N–H and O–H groups in total. The Bertz CT molecular complexity index is 591. The van der Waals surface area contributed by atoms with Crippen LogP contribution < -0.4 is 10.0 Å². The molecule has 1 rings (SSSR count). The van der Waals surface area contributed by atoms with Gasteiger partial charge in [0, 0.05) is 12.6 Å². The summed E-state index contributed by atoms with van der Waals surface area (Å²) in [6.45, 7) is 5.05. The van der Waals surface area contributed by atoms with Gasteiger partial charge >= 0.3 is 5.97 Å². The zero-order valence-electron chi connectivity index (χ0n) is 12.2. The summed E-state index contributed by atoms with van der Waals surface area (Å²) < 4.78 is 36.9. The van der Waals surface area contributed by atoms with Gasteiger partial charge in [0.2, 0.25) is 10.0 Å². The molecule has 1 aromatic heterocycles. The van der Waals surface area contributed by atoms with Gasteiger partial charge in [-0.15, -0.1) is 0 Å². The fraction of sp³-hybridized carbons (Fsp3) is 0.583. The van der Waals surface area contributed by atoms with Crippen molar-refractivity contribution >= 4 is 16.0 Å². The van der Waals surface area contributed by atoms with Gasteiger partial charge in [-0.2, -0.15) is 0 Å². The summed E-state index contributed by atoms with van der Waals surface area (Å²) >= 11 is 0. The van der Waals surface area contributed by atoms with Crippen LogP contribution in [0.4, 0.5) is 0 Å². The molecule has 0 bridgehead atoms. The third-order valence-electron chi connectivity index (χ3n) is 2.94. The highest BCUT2D eigenvalue weighted by Gasteiger charge is 2.31. The van der Waals surface area contributed by atoms with Gasteiger partial charge in [0.05, 0.1) is 7.11 Å². The smallest absolute Gasteiger partial charge is 0.342 e. The van der Waals surface area contributed by atoms with E-state index in [2.05, 4.69) is 14.8 Å². The molecule has 0 saturated carbocycles. The molecule has 0 aliphatic carbocycles. The van der Waals surface area contributed by atoms with E-state index < -0.39 is 16.0 Å². The molecule has 0 spiro atoms. The van der Waals surface area contributed by atoms with E-state index in [1.54, 1.807) is 7.05 Å². The monoisotopic (exact) mass is 304 g/mol. The molecule has 114 valence electrons. The van der Waals surface area contributed by atoms with Crippen molar-refractivity contribution < 1.29 is 22.4 Å². The normalized spacial score (nSPS) is 13.2. The van der Waals surface area contributed by atoms with Gasteiger partial charge in [-0.05, 0) is 27.8 Å². The molecular weight excluding hydrogens is 284 g/mol. The number of nitrogens with one attached hydrogen (secondary N) is 2. The predicted molar refractivity (Wildman–Crippen MR) is 73.2 cm³/mol. The lowest BCUT2D eigenvalue weighted by atomic mass is 10.2. The van der Waals surface area contributed by atoms with E-state index in [9.17, 15) is 13.2 Å². The Balaban J connectivity index is 3.21. The highest BCUT2D eigenvalue weighted by Crippen LogP contribution is 2.27. The Hall–Kier alpha value is -1.38. The minimum absolute atomic E-state index is 0.0420. The van der Waals surface area contributed by atoms with Crippen LogP contribution in [0, 0.1) is 13.8 Å². The molecule has 0 aliphatic heterocycles. The average molecular weight is 304 g/mol. The standard InChI is InChI=1S/C12H20N2O5S/c1-7(13-4)6-14-20(16,17)11-9(3)19-8(2)10(11)12(15)18-5/h7,13-14H,6H2,1-5H3. The predicted octanol–water partition coefficient (Wildman–Crippen LogP) is 0.569. The number of likely N-dealkylation sites (N-methyl/N-ethyl adjacent to an activating group) is 1. The van der Waals surface area contributed by atoms with E-state index in [4.69, 9.17) is 4.42 Å². The molecule has 1 heterocycles. The second-order valence-corrected chi connectivity index (χ2v) is 6.16. The maximum Gasteiger partial charge on any atom is 0.342 e. The maximum absolute atomic E-state index is 12.3. The summed E-state index contributed by atoms with van der Waals surface area (Å²) in [5, 5.41) is 2.92. The van der Waals surface area contributed by atoms with Crippen molar-refractivity contribution in [1.82, 2.24) is 10.0 Å². The highest BCUT2D eigenvalue weighted by molar-refractivity contribution is 7.89. The van der Waals surface area contributed by atoms with Crippen molar-refractivity contribution in [3.8, 4) is 0 Å². The third-order valence-corrected chi connectivity index (χ3v) is 4.51. The largest absolute Gasteiger partial charge is 0.465 e. The highest BCUT2D eigenvalue weighted by atomic mass is 32.2. The first kappa shape index (κ1) is 16.7. The fourth-order valence-electron chi connectivity index (χ4n) is 1.73. The topological polar surface area (TPSA) is 97.6 Å². The second kappa shape index (κ2) is 6.38. The summed E-state index contributed by atoms with van der Waals surface area (Å²) in [6.07, 6.45) is 0. The molecule has 1 aromatic rings. The van der Waals surface area contributed by atoms with E-state index in [1.165, 1.54) is 21.0 Å². The van der Waals surface area contributed by atoms with Gasteiger partial charge < -0.3 is 14.5 Å². The van der Waals surface area contributed by atoms with Crippen LogP contribution in [0.15, 0.2) is 9.31 Å². The molecule has 1 unspecified atom stereocenters. The third kappa shape index (κ3) is 3.38. The lowest BCUT2D eigenvalue weighted by Crippen LogP contribution is -2.37. The van der Waals surface area contributed by atoms with Crippen LogP contribution in [0.1, 0.15) is 28.8 Å². The van der Waals surface area contributed by atoms with Crippen LogP contribution in [0.5, 0.6) is 0 Å². The summed E-state index contributed by atoms with van der Waals surface area (Å²) in [4.78, 5) is 11.6. The SMILES string of the molecule is CNC(C)CNS(=O)(=O)c1c(C)oc(C)c1C(=O)OC. The zero-order chi connectivity index (χ0) is 15.5. The fourth-order valence-corrected chi connectivity index (χ4v) is 3.26. The molecule has 0 amide bonds. The van der Waals surface area contributed by atoms with Crippen molar-refractivity contribution in [2.45, 2.75) is 31.7 Å². The Labute approximate surface area is 118 Å². The minimum Gasteiger partial charge on any atom is -0.465 e. The summed E-state index contributed by atoms with van der Waals surface area (Å²) in [6, 6.07) is -0.0420. The van der Waals surface area contributed by atoms with E-state index in [0.717, 1.165) is 0 Å². The maximum atomic E-state index is 12.3. The Morgan fingerprint density at radius 2 is 1.95 bits per heavy atom. The van der Waals surface area contributed by atoms with Crippen LogP contribution >= 0.6 is 0 Å². The first-order valence-electron chi connectivity index (χ1n) is 6.09. The van der Waals surface area contributed by atoms with Gasteiger partial charge in [0.25, 0.3) is 0 Å². The molecule has 0 radical (unpaired) electrons. The Morgan fingerprint density at radius 1 is 1.35 bits per heavy atom. The molecular formula is C12H20N2O5S. The van der Waals surface area contributed by atoms with E-state index in [-0.39, 0.29) is 34.6 Å². The van der Waals surface area contributed by atoms with Crippen LogP contribution in [0.25, 0.3) is 0 Å². The molecule has 20 heavy (non-hydrogen) atoms. The van der Waals surface area contributed by atoms with Crippen LogP contribution in [0.3, 0.4) is 0 Å². The van der Waals surface area contributed by atoms with Crippen molar-refractivity contribution in [2.75, 3.05) is 20.7 Å². The summed E-state index contributed by atoms with van der Waals surface area (Å²) in [5.74, 6) is -0.356. The number of ether oxygens (including phenoxy) is 1. The van der Waals surface area contributed by atoms with Gasteiger partial charge in [0.15, 0.2) is 0 Å². The molecule has 1 atom stereocenters. The average Bonchev–Trinajstić information content (AvgIpc) is 2.70. The number of methoxy groups -OCH3 is 1. The molecule has 8 heteroatoms. The first-order chi connectivity index (χ1) is 9.24. The lowest BCUT2D eigenvalue weighted by Gasteiger charge is -2.12. The number of furan rings is 1. The van der Waals surface area contributed by atoms with Crippen LogP contribution in [-0.4, -0.2) is 41.1 Å². The number of esters is 1.